The van der Waals surface area contributed by atoms with Crippen molar-refractivity contribution < 1.29 is 0 Å². The molecule has 0 heterocycles. The van der Waals surface area contributed by atoms with E-state index in [1.54, 1.807) is 0 Å². The molecule has 0 rings (SSSR count). The highest BCUT2D eigenvalue weighted by atomic mass is 15.3. The summed E-state index contributed by atoms with van der Waals surface area (Å²) in [4.78, 5) is 2.15. The van der Waals surface area contributed by atoms with Crippen LogP contribution in [-0.4, -0.2) is 46.0 Å². The number of nitrogens with zero attached hydrogens (tertiary/aromatic N) is 1. The van der Waals surface area contributed by atoms with E-state index < -0.39 is 0 Å². The largest absolute Gasteiger partial charge is 0.308 e. The quantitative estimate of drug-likeness (QED) is 0.326. The highest BCUT2D eigenvalue weighted by Gasteiger charge is 1.91. The predicted molar refractivity (Wildman–Crippen MR) is 43.6 cm³/mol. The zero-order chi connectivity index (χ0) is 7.82. The van der Waals surface area contributed by atoms with E-state index in [1.807, 2.05) is 14.1 Å². The van der Waals surface area contributed by atoms with Crippen LogP contribution in [0.25, 0.3) is 0 Å². The molecule has 0 fully saturated rings. The van der Waals surface area contributed by atoms with Gasteiger partial charge in [0.25, 0.3) is 0 Å². The summed E-state index contributed by atoms with van der Waals surface area (Å²) < 4.78 is 0. The Labute approximate surface area is 63.0 Å². The molecule has 0 aliphatic carbocycles. The van der Waals surface area contributed by atoms with Crippen molar-refractivity contribution in [2.45, 2.75) is 0 Å². The van der Waals surface area contributed by atoms with E-state index in [1.165, 1.54) is 0 Å². The van der Waals surface area contributed by atoms with Crippen molar-refractivity contribution in [3.63, 3.8) is 0 Å². The Hall–Kier alpha value is -0.160. The highest BCUT2D eigenvalue weighted by molar-refractivity contribution is 4.44. The van der Waals surface area contributed by atoms with Crippen molar-refractivity contribution in [1.29, 1.82) is 0 Å². The Morgan fingerprint density at radius 2 is 1.80 bits per heavy atom. The summed E-state index contributed by atoms with van der Waals surface area (Å²) in [6, 6.07) is 0. The second kappa shape index (κ2) is 6.95. The fourth-order valence-electron chi connectivity index (χ4n) is 0.698. The van der Waals surface area contributed by atoms with Crippen LogP contribution in [-0.2, 0) is 0 Å². The minimum atomic E-state index is 0.855. The normalized spacial score (nSPS) is 10.8. The van der Waals surface area contributed by atoms with Gasteiger partial charge in [0.2, 0.25) is 0 Å². The van der Waals surface area contributed by atoms with E-state index in [0.717, 1.165) is 20.0 Å². The van der Waals surface area contributed by atoms with E-state index in [4.69, 9.17) is 0 Å². The van der Waals surface area contributed by atoms with Crippen LogP contribution in [0, 0.1) is 0 Å². The maximum absolute atomic E-state index is 3.19. The first kappa shape index (κ1) is 9.84. The van der Waals surface area contributed by atoms with E-state index in [2.05, 4.69) is 27.9 Å². The van der Waals surface area contributed by atoms with Crippen molar-refractivity contribution in [3.05, 3.63) is 0 Å². The summed E-state index contributed by atoms with van der Waals surface area (Å²) in [6.07, 6.45) is 0. The molecule has 0 saturated carbocycles. The summed E-state index contributed by atoms with van der Waals surface area (Å²) in [5.41, 5.74) is 0. The first-order valence-electron chi connectivity index (χ1n) is 3.49. The first-order chi connectivity index (χ1) is 4.81. The fourth-order valence-corrected chi connectivity index (χ4v) is 0.698. The minimum absolute atomic E-state index is 0.855. The van der Waals surface area contributed by atoms with E-state index in [-0.39, 0.29) is 0 Å². The van der Waals surface area contributed by atoms with Crippen molar-refractivity contribution in [2.24, 2.45) is 0 Å². The summed E-state index contributed by atoms with van der Waals surface area (Å²) in [5, 5.41) is 9.26. The van der Waals surface area contributed by atoms with Crippen molar-refractivity contribution in [3.8, 4) is 0 Å². The first-order valence-corrected chi connectivity index (χ1v) is 3.49. The second-order valence-electron chi connectivity index (χ2n) is 2.31. The fraction of sp³-hybridized carbons (Fsp3) is 1.00. The molecule has 4 nitrogen and oxygen atoms in total. The predicted octanol–water partition coefficient (Wildman–Crippen LogP) is -1.18. The smallest absolute Gasteiger partial charge is 0.0499 e. The second-order valence-corrected chi connectivity index (χ2v) is 2.31. The van der Waals surface area contributed by atoms with Gasteiger partial charge in [-0.15, -0.1) is 0 Å². The number of rotatable bonds is 6. The van der Waals surface area contributed by atoms with Gasteiger partial charge < -0.3 is 10.6 Å². The number of hydrogen-bond donors (Lipinski definition) is 3. The molecule has 0 spiro atoms. The third-order valence-electron chi connectivity index (χ3n) is 1.11. The summed E-state index contributed by atoms with van der Waals surface area (Å²) in [7, 11) is 5.92. The lowest BCUT2D eigenvalue weighted by atomic mass is 10.8. The molecule has 62 valence electrons. The number of hydrogen-bond acceptors (Lipinski definition) is 4. The topological polar surface area (TPSA) is 39.3 Å². The Kier molecular flexibility index (Phi) is 6.84. The lowest BCUT2D eigenvalue weighted by molar-refractivity contribution is 0.290. The van der Waals surface area contributed by atoms with Gasteiger partial charge in [-0.3, -0.25) is 10.2 Å². The van der Waals surface area contributed by atoms with Crippen molar-refractivity contribution in [2.75, 3.05) is 41.1 Å². The summed E-state index contributed by atoms with van der Waals surface area (Å²) >= 11 is 0. The van der Waals surface area contributed by atoms with Crippen LogP contribution in [0.2, 0.25) is 0 Å². The molecule has 0 aliphatic rings. The molecular formula is C6H18N4. The molecule has 0 aromatic rings. The van der Waals surface area contributed by atoms with Gasteiger partial charge in [-0.1, -0.05) is 0 Å². The van der Waals surface area contributed by atoms with Gasteiger partial charge in [0.05, 0.1) is 0 Å². The lowest BCUT2D eigenvalue weighted by Gasteiger charge is -2.15. The van der Waals surface area contributed by atoms with Gasteiger partial charge in [0.1, 0.15) is 0 Å². The Morgan fingerprint density at radius 3 is 2.30 bits per heavy atom. The monoisotopic (exact) mass is 146 g/mol. The lowest BCUT2D eigenvalue weighted by Crippen LogP contribution is -2.39. The molecule has 10 heavy (non-hydrogen) atoms. The third kappa shape index (κ3) is 5.97. The van der Waals surface area contributed by atoms with Crippen LogP contribution in [0.5, 0.6) is 0 Å². The van der Waals surface area contributed by atoms with E-state index in [0.29, 0.717) is 0 Å². The average molecular weight is 146 g/mol. The van der Waals surface area contributed by atoms with Crippen LogP contribution < -0.4 is 16.0 Å². The van der Waals surface area contributed by atoms with Gasteiger partial charge in [0.15, 0.2) is 0 Å². The molecule has 0 atom stereocenters. The van der Waals surface area contributed by atoms with Gasteiger partial charge >= 0.3 is 0 Å². The van der Waals surface area contributed by atoms with Crippen molar-refractivity contribution >= 4 is 0 Å². The van der Waals surface area contributed by atoms with Gasteiger partial charge in [-0.25, -0.2) is 0 Å². The van der Waals surface area contributed by atoms with Crippen molar-refractivity contribution in [1.82, 2.24) is 20.9 Å². The maximum atomic E-state index is 3.19. The van der Waals surface area contributed by atoms with Crippen LogP contribution in [0.3, 0.4) is 0 Å². The molecule has 0 aromatic carbocycles. The summed E-state index contributed by atoms with van der Waals surface area (Å²) in [5.74, 6) is 0. The van der Waals surface area contributed by atoms with Crippen LogP contribution in [0.4, 0.5) is 0 Å². The summed E-state index contributed by atoms with van der Waals surface area (Å²) in [6.45, 7) is 2.67. The Bertz CT molecular complexity index is 66.8. The molecule has 3 N–H and O–H groups in total. The molecular weight excluding hydrogens is 128 g/mol. The Balaban J connectivity index is 2.97. The molecule has 0 saturated heterocycles. The van der Waals surface area contributed by atoms with Crippen LogP contribution in [0.1, 0.15) is 0 Å². The van der Waals surface area contributed by atoms with Crippen LogP contribution in [0.15, 0.2) is 0 Å². The molecule has 0 radical (unpaired) electrons. The van der Waals surface area contributed by atoms with Gasteiger partial charge in [-0.2, -0.15) is 0 Å². The molecule has 0 aliphatic heterocycles. The molecule has 4 heteroatoms. The van der Waals surface area contributed by atoms with E-state index >= 15 is 0 Å². The molecule has 0 unspecified atom stereocenters. The molecule has 0 aromatic heterocycles. The van der Waals surface area contributed by atoms with Gasteiger partial charge in [0, 0.05) is 20.0 Å². The third-order valence-corrected chi connectivity index (χ3v) is 1.11. The zero-order valence-corrected chi connectivity index (χ0v) is 7.07. The van der Waals surface area contributed by atoms with E-state index in [9.17, 15) is 0 Å². The molecule has 0 amide bonds. The maximum Gasteiger partial charge on any atom is 0.0499 e. The molecule has 0 bridgehead atoms. The van der Waals surface area contributed by atoms with Gasteiger partial charge in [-0.05, 0) is 21.1 Å². The Morgan fingerprint density at radius 1 is 1.10 bits per heavy atom. The highest BCUT2D eigenvalue weighted by Crippen LogP contribution is 1.70. The van der Waals surface area contributed by atoms with Crippen LogP contribution >= 0.6 is 0 Å². The SMILES string of the molecule is CNCNCN(C)CNC. The average Bonchev–Trinajstić information content (AvgIpc) is 1.89. The minimum Gasteiger partial charge on any atom is -0.308 e. The number of nitrogens with one attached hydrogen (secondary N) is 3. The standard InChI is InChI=1S/C6H18N4/c1-7-4-9-6-10(3)5-8-2/h7-9H,4-6H2,1-3H3. The zero-order valence-electron chi connectivity index (χ0n) is 7.07.